The highest BCUT2D eigenvalue weighted by atomic mass is 19.3. The van der Waals surface area contributed by atoms with Gasteiger partial charge in [0.15, 0.2) is 6.10 Å². The molecule has 20 heavy (non-hydrogen) atoms. The van der Waals surface area contributed by atoms with E-state index in [0.717, 1.165) is 0 Å². The number of alkyl halides is 2. The van der Waals surface area contributed by atoms with E-state index >= 15 is 0 Å². The molecule has 0 bridgehead atoms. The van der Waals surface area contributed by atoms with Crippen molar-refractivity contribution in [3.05, 3.63) is 35.9 Å². The van der Waals surface area contributed by atoms with Crippen molar-refractivity contribution in [1.82, 2.24) is 0 Å². The summed E-state index contributed by atoms with van der Waals surface area (Å²) in [7, 11) is 0. The number of carbonyl (C=O) groups excluding carboxylic acids is 1. The number of hydrogen-bond acceptors (Lipinski definition) is 3. The summed E-state index contributed by atoms with van der Waals surface area (Å²) in [4.78, 5) is 22.5. The molecule has 0 spiro atoms. The zero-order valence-corrected chi connectivity index (χ0v) is 11.4. The molecule has 1 aromatic rings. The average Bonchev–Trinajstić information content (AvgIpc) is 2.34. The third-order valence-electron chi connectivity index (χ3n) is 2.64. The summed E-state index contributed by atoms with van der Waals surface area (Å²) in [6, 6.07) is 7.57. The van der Waals surface area contributed by atoms with E-state index in [-0.39, 0.29) is 5.56 Å². The maximum Gasteiger partial charge on any atom is 0.379 e. The van der Waals surface area contributed by atoms with Gasteiger partial charge in [0, 0.05) is 5.41 Å². The van der Waals surface area contributed by atoms with Crippen molar-refractivity contribution in [3.63, 3.8) is 0 Å². The van der Waals surface area contributed by atoms with Crippen molar-refractivity contribution in [1.29, 1.82) is 0 Å². The summed E-state index contributed by atoms with van der Waals surface area (Å²) in [5.41, 5.74) is -1.14. The van der Waals surface area contributed by atoms with Crippen LogP contribution in [0.15, 0.2) is 30.3 Å². The Labute approximate surface area is 115 Å². The van der Waals surface area contributed by atoms with Crippen LogP contribution in [0.2, 0.25) is 0 Å². The van der Waals surface area contributed by atoms with Crippen molar-refractivity contribution < 1.29 is 28.2 Å². The van der Waals surface area contributed by atoms with Crippen molar-refractivity contribution in [3.8, 4) is 0 Å². The van der Waals surface area contributed by atoms with Gasteiger partial charge in [-0.25, -0.2) is 9.59 Å². The molecule has 0 aromatic heterocycles. The van der Waals surface area contributed by atoms with E-state index in [1.807, 2.05) is 0 Å². The van der Waals surface area contributed by atoms with Crippen molar-refractivity contribution in [2.45, 2.75) is 32.8 Å². The lowest BCUT2D eigenvalue weighted by Crippen LogP contribution is -2.51. The molecule has 110 valence electrons. The Hall–Kier alpha value is -1.98. The minimum atomic E-state index is -4.16. The number of esters is 1. The van der Waals surface area contributed by atoms with E-state index < -0.39 is 29.4 Å². The van der Waals surface area contributed by atoms with Crippen molar-refractivity contribution >= 4 is 11.9 Å². The normalized spacial score (nSPS) is 13.7. The minimum Gasteiger partial charge on any atom is -0.477 e. The molecule has 1 aromatic carbocycles. The van der Waals surface area contributed by atoms with Crippen LogP contribution < -0.4 is 0 Å². The SMILES string of the molecule is CC(C)(C)C(OC(=O)c1ccccc1)C(F)(F)C(=O)O. The molecule has 0 aliphatic heterocycles. The van der Waals surface area contributed by atoms with E-state index in [0.29, 0.717) is 0 Å². The monoisotopic (exact) mass is 286 g/mol. The number of ether oxygens (including phenoxy) is 1. The third-order valence-corrected chi connectivity index (χ3v) is 2.64. The van der Waals surface area contributed by atoms with Gasteiger partial charge in [-0.1, -0.05) is 39.0 Å². The van der Waals surface area contributed by atoms with Gasteiger partial charge < -0.3 is 9.84 Å². The number of rotatable bonds is 4. The first-order valence-corrected chi connectivity index (χ1v) is 5.94. The van der Waals surface area contributed by atoms with E-state index in [2.05, 4.69) is 0 Å². The number of carboxylic acid groups (broad SMARTS) is 1. The quantitative estimate of drug-likeness (QED) is 0.864. The first kappa shape index (κ1) is 16.1. The third kappa shape index (κ3) is 3.53. The molecule has 0 fully saturated rings. The Kier molecular flexibility index (Phi) is 4.47. The first-order chi connectivity index (χ1) is 9.06. The second-order valence-corrected chi connectivity index (χ2v) is 5.45. The highest BCUT2D eigenvalue weighted by Crippen LogP contribution is 2.35. The Bertz CT molecular complexity index is 492. The summed E-state index contributed by atoms with van der Waals surface area (Å²) >= 11 is 0. The highest BCUT2D eigenvalue weighted by Gasteiger charge is 2.55. The molecule has 1 atom stereocenters. The van der Waals surface area contributed by atoms with Crippen molar-refractivity contribution in [2.75, 3.05) is 0 Å². The molecular formula is C14H16F2O4. The molecule has 4 nitrogen and oxygen atoms in total. The maximum atomic E-state index is 13.7. The van der Waals surface area contributed by atoms with Crippen LogP contribution >= 0.6 is 0 Å². The van der Waals surface area contributed by atoms with Crippen LogP contribution in [-0.4, -0.2) is 29.1 Å². The van der Waals surface area contributed by atoms with Gasteiger partial charge in [-0.15, -0.1) is 0 Å². The summed E-state index contributed by atoms with van der Waals surface area (Å²) in [6.45, 7) is 4.15. The molecule has 0 aliphatic carbocycles. The number of aliphatic carboxylic acids is 1. The van der Waals surface area contributed by atoms with E-state index in [1.54, 1.807) is 18.2 Å². The minimum absolute atomic E-state index is 0.0861. The average molecular weight is 286 g/mol. The fraction of sp³-hybridized carbons (Fsp3) is 0.429. The van der Waals surface area contributed by atoms with E-state index in [4.69, 9.17) is 9.84 Å². The van der Waals surface area contributed by atoms with Gasteiger partial charge in [-0.05, 0) is 12.1 Å². The molecule has 0 heterocycles. The van der Waals surface area contributed by atoms with Crippen LogP contribution in [0.4, 0.5) is 8.78 Å². The topological polar surface area (TPSA) is 63.6 Å². The summed E-state index contributed by atoms with van der Waals surface area (Å²) < 4.78 is 32.2. The molecule has 1 N–H and O–H groups in total. The fourth-order valence-corrected chi connectivity index (χ4v) is 1.66. The fourth-order valence-electron chi connectivity index (χ4n) is 1.66. The molecular weight excluding hydrogens is 270 g/mol. The smallest absolute Gasteiger partial charge is 0.379 e. The molecule has 1 rings (SSSR count). The standard InChI is InChI=1S/C14H16F2O4/c1-13(2,3)11(14(15,16)12(18)19)20-10(17)9-7-5-4-6-8-9/h4-8,11H,1-3H3,(H,18,19). The van der Waals surface area contributed by atoms with E-state index in [9.17, 15) is 18.4 Å². The van der Waals surface area contributed by atoms with Crippen LogP contribution in [0, 0.1) is 5.41 Å². The van der Waals surface area contributed by atoms with E-state index in [1.165, 1.54) is 32.9 Å². The molecule has 0 saturated carbocycles. The maximum absolute atomic E-state index is 13.7. The molecule has 6 heteroatoms. The molecule has 0 radical (unpaired) electrons. The molecule has 0 amide bonds. The largest absolute Gasteiger partial charge is 0.477 e. The van der Waals surface area contributed by atoms with Gasteiger partial charge >= 0.3 is 17.9 Å². The lowest BCUT2D eigenvalue weighted by molar-refractivity contribution is -0.194. The molecule has 0 saturated heterocycles. The van der Waals surface area contributed by atoms with Gasteiger partial charge in [0.05, 0.1) is 5.56 Å². The summed E-state index contributed by atoms with van der Waals surface area (Å²) in [5, 5.41) is 8.62. The van der Waals surface area contributed by atoms with Gasteiger partial charge in [-0.2, -0.15) is 8.78 Å². The lowest BCUT2D eigenvalue weighted by atomic mass is 9.85. The zero-order valence-electron chi connectivity index (χ0n) is 11.4. The lowest BCUT2D eigenvalue weighted by Gasteiger charge is -2.33. The summed E-state index contributed by atoms with van der Waals surface area (Å²) in [6.07, 6.45) is -2.07. The predicted molar refractivity (Wildman–Crippen MR) is 67.7 cm³/mol. The van der Waals surface area contributed by atoms with Gasteiger partial charge in [0.25, 0.3) is 0 Å². The Morgan fingerprint density at radius 2 is 1.65 bits per heavy atom. The van der Waals surface area contributed by atoms with Gasteiger partial charge in [0.2, 0.25) is 0 Å². The second-order valence-electron chi connectivity index (χ2n) is 5.45. The Morgan fingerprint density at radius 1 is 1.15 bits per heavy atom. The number of benzene rings is 1. The highest BCUT2D eigenvalue weighted by molar-refractivity contribution is 5.90. The van der Waals surface area contributed by atoms with Gasteiger partial charge in [-0.3, -0.25) is 0 Å². The predicted octanol–water partition coefficient (Wildman–Crippen LogP) is 2.98. The first-order valence-electron chi connectivity index (χ1n) is 5.94. The Morgan fingerprint density at radius 3 is 2.05 bits per heavy atom. The number of halogens is 2. The van der Waals surface area contributed by atoms with Crippen LogP contribution in [-0.2, 0) is 9.53 Å². The van der Waals surface area contributed by atoms with Gasteiger partial charge in [0.1, 0.15) is 0 Å². The van der Waals surface area contributed by atoms with Crippen LogP contribution in [0.3, 0.4) is 0 Å². The van der Waals surface area contributed by atoms with Crippen LogP contribution in [0.5, 0.6) is 0 Å². The summed E-state index contributed by atoms with van der Waals surface area (Å²) in [5.74, 6) is -7.47. The van der Waals surface area contributed by atoms with Crippen molar-refractivity contribution in [2.24, 2.45) is 5.41 Å². The molecule has 0 aliphatic rings. The van der Waals surface area contributed by atoms with Crippen LogP contribution in [0.1, 0.15) is 31.1 Å². The molecule has 1 unspecified atom stereocenters. The number of carboxylic acids is 1. The Balaban J connectivity index is 3.04. The number of hydrogen-bond donors (Lipinski definition) is 1. The number of carbonyl (C=O) groups is 2. The van der Waals surface area contributed by atoms with Crippen LogP contribution in [0.25, 0.3) is 0 Å². The second kappa shape index (κ2) is 5.56. The zero-order chi connectivity index (χ0) is 15.6.